The quantitative estimate of drug-likeness (QED) is 0.843. The van der Waals surface area contributed by atoms with Crippen molar-refractivity contribution >= 4 is 23.2 Å². The zero-order valence-corrected chi connectivity index (χ0v) is 11.5. The molecule has 0 bridgehead atoms. The summed E-state index contributed by atoms with van der Waals surface area (Å²) in [5.74, 6) is -0.363. The Kier molecular flexibility index (Phi) is 2.54. The molecule has 1 aromatic rings. The molecule has 0 radical (unpaired) electrons. The van der Waals surface area contributed by atoms with Crippen LogP contribution in [0.2, 0.25) is 0 Å². The predicted molar refractivity (Wildman–Crippen MR) is 75.7 cm³/mol. The third-order valence-corrected chi connectivity index (χ3v) is 4.35. The summed E-state index contributed by atoms with van der Waals surface area (Å²) in [6, 6.07) is 7.37. The monoisotopic (exact) mass is 285 g/mol. The maximum absolute atomic E-state index is 12.4. The minimum absolute atomic E-state index is 0.110. The molecule has 2 amide bonds. The van der Waals surface area contributed by atoms with Gasteiger partial charge in [-0.05, 0) is 18.9 Å². The van der Waals surface area contributed by atoms with Gasteiger partial charge in [0.1, 0.15) is 5.71 Å². The van der Waals surface area contributed by atoms with Crippen molar-refractivity contribution in [2.75, 3.05) is 18.4 Å². The summed E-state index contributed by atoms with van der Waals surface area (Å²) in [7, 11) is 0. The second-order valence-corrected chi connectivity index (χ2v) is 5.63. The van der Waals surface area contributed by atoms with Crippen LogP contribution in [0.15, 0.2) is 29.4 Å². The Hall–Kier alpha value is -2.37. The highest BCUT2D eigenvalue weighted by atomic mass is 16.7. The molecule has 3 aliphatic heterocycles. The highest BCUT2D eigenvalue weighted by Gasteiger charge is 2.55. The van der Waals surface area contributed by atoms with E-state index in [4.69, 9.17) is 4.84 Å². The van der Waals surface area contributed by atoms with Crippen LogP contribution in [0.4, 0.5) is 5.69 Å². The summed E-state index contributed by atoms with van der Waals surface area (Å²) in [5.41, 5.74) is 0.653. The third kappa shape index (κ3) is 1.68. The van der Waals surface area contributed by atoms with E-state index in [1.165, 1.54) is 0 Å². The maximum Gasteiger partial charge on any atom is 0.276 e. The van der Waals surface area contributed by atoms with E-state index < -0.39 is 5.60 Å². The van der Waals surface area contributed by atoms with Gasteiger partial charge in [0.25, 0.3) is 11.8 Å². The zero-order chi connectivity index (χ0) is 14.4. The molecule has 6 heteroatoms. The molecule has 1 fully saturated rings. The van der Waals surface area contributed by atoms with Gasteiger partial charge in [0, 0.05) is 24.3 Å². The van der Waals surface area contributed by atoms with Gasteiger partial charge in [0.15, 0.2) is 0 Å². The molecular weight excluding hydrogens is 270 g/mol. The summed E-state index contributed by atoms with van der Waals surface area (Å²) >= 11 is 0. The van der Waals surface area contributed by atoms with Gasteiger partial charge in [-0.2, -0.15) is 0 Å². The van der Waals surface area contributed by atoms with Crippen LogP contribution in [-0.4, -0.2) is 35.5 Å². The number of para-hydroxylation sites is 1. The van der Waals surface area contributed by atoms with E-state index in [1.807, 2.05) is 24.3 Å². The lowest BCUT2D eigenvalue weighted by atomic mass is 9.90. The fourth-order valence-corrected chi connectivity index (χ4v) is 3.21. The van der Waals surface area contributed by atoms with Crippen molar-refractivity contribution in [2.24, 2.45) is 5.16 Å². The van der Waals surface area contributed by atoms with E-state index in [2.05, 4.69) is 10.5 Å². The Balaban J connectivity index is 1.62. The molecule has 1 unspecified atom stereocenters. The number of hydrogen-bond donors (Lipinski definition) is 1. The summed E-state index contributed by atoms with van der Waals surface area (Å²) in [6.07, 6.45) is 2.24. The Morgan fingerprint density at radius 3 is 2.86 bits per heavy atom. The van der Waals surface area contributed by atoms with Crippen LogP contribution >= 0.6 is 0 Å². The number of nitrogens with zero attached hydrogens (tertiary/aromatic N) is 2. The van der Waals surface area contributed by atoms with Gasteiger partial charge in [0.05, 0.1) is 6.42 Å². The first-order chi connectivity index (χ1) is 10.2. The van der Waals surface area contributed by atoms with Crippen LogP contribution in [0, 0.1) is 0 Å². The summed E-state index contributed by atoms with van der Waals surface area (Å²) in [4.78, 5) is 31.9. The van der Waals surface area contributed by atoms with E-state index in [0.29, 0.717) is 5.71 Å². The van der Waals surface area contributed by atoms with Crippen molar-refractivity contribution in [3.05, 3.63) is 29.8 Å². The normalized spacial score (nSPS) is 26.6. The van der Waals surface area contributed by atoms with Crippen LogP contribution in [0.1, 0.15) is 24.8 Å². The van der Waals surface area contributed by atoms with Gasteiger partial charge < -0.3 is 15.1 Å². The molecule has 0 aliphatic carbocycles. The molecule has 1 aromatic carbocycles. The molecule has 1 saturated heterocycles. The van der Waals surface area contributed by atoms with Crippen LogP contribution in [-0.2, 0) is 20.0 Å². The molecule has 4 rings (SSSR count). The summed E-state index contributed by atoms with van der Waals surface area (Å²) in [5, 5.41) is 6.73. The minimum Gasteiger partial charge on any atom is -0.373 e. The molecule has 3 aliphatic rings. The first-order valence-electron chi connectivity index (χ1n) is 7.16. The van der Waals surface area contributed by atoms with Gasteiger partial charge in [-0.3, -0.25) is 9.59 Å². The van der Waals surface area contributed by atoms with Crippen LogP contribution < -0.4 is 5.32 Å². The number of hydrogen-bond acceptors (Lipinski definition) is 4. The molecule has 0 aromatic heterocycles. The van der Waals surface area contributed by atoms with E-state index in [1.54, 1.807) is 4.90 Å². The number of amides is 2. The first kappa shape index (κ1) is 12.4. The molecule has 1 atom stereocenters. The Morgan fingerprint density at radius 1 is 1.29 bits per heavy atom. The number of carbonyl (C=O) groups is 2. The number of nitrogens with one attached hydrogen (secondary N) is 1. The molecule has 21 heavy (non-hydrogen) atoms. The van der Waals surface area contributed by atoms with Gasteiger partial charge in [-0.1, -0.05) is 23.4 Å². The second-order valence-electron chi connectivity index (χ2n) is 5.63. The van der Waals surface area contributed by atoms with E-state index >= 15 is 0 Å². The largest absolute Gasteiger partial charge is 0.373 e. The fourth-order valence-electron chi connectivity index (χ4n) is 3.21. The maximum atomic E-state index is 12.4. The smallest absolute Gasteiger partial charge is 0.276 e. The van der Waals surface area contributed by atoms with E-state index in [-0.39, 0.29) is 18.2 Å². The average molecular weight is 285 g/mol. The van der Waals surface area contributed by atoms with Crippen molar-refractivity contribution in [1.29, 1.82) is 0 Å². The van der Waals surface area contributed by atoms with Crippen molar-refractivity contribution in [2.45, 2.75) is 24.9 Å². The number of oxime groups is 1. The lowest BCUT2D eigenvalue weighted by Crippen LogP contribution is -2.38. The Morgan fingerprint density at radius 2 is 2.05 bits per heavy atom. The number of fused-ring (bicyclic) bond motifs is 2. The lowest BCUT2D eigenvalue weighted by molar-refractivity contribution is -0.137. The van der Waals surface area contributed by atoms with Crippen molar-refractivity contribution in [3.8, 4) is 0 Å². The number of benzene rings is 1. The fraction of sp³-hybridized carbons (Fsp3) is 0.400. The molecule has 3 heterocycles. The number of rotatable bonds is 1. The van der Waals surface area contributed by atoms with Gasteiger partial charge in [0.2, 0.25) is 5.60 Å². The summed E-state index contributed by atoms with van der Waals surface area (Å²) < 4.78 is 0. The van der Waals surface area contributed by atoms with Gasteiger partial charge in [-0.15, -0.1) is 0 Å². The third-order valence-electron chi connectivity index (χ3n) is 4.35. The van der Waals surface area contributed by atoms with Crippen molar-refractivity contribution in [1.82, 2.24) is 4.90 Å². The zero-order valence-electron chi connectivity index (χ0n) is 11.5. The first-order valence-corrected chi connectivity index (χ1v) is 7.16. The lowest BCUT2D eigenvalue weighted by Gasteiger charge is -2.19. The predicted octanol–water partition coefficient (Wildman–Crippen LogP) is 1.23. The Bertz CT molecular complexity index is 664. The number of carbonyl (C=O) groups excluding carboxylic acids is 2. The number of anilines is 1. The van der Waals surface area contributed by atoms with Gasteiger partial charge >= 0.3 is 0 Å². The highest BCUT2D eigenvalue weighted by Crippen LogP contribution is 2.44. The molecule has 0 saturated carbocycles. The topological polar surface area (TPSA) is 71.0 Å². The van der Waals surface area contributed by atoms with Crippen LogP contribution in [0.25, 0.3) is 0 Å². The SMILES string of the molecule is O=C(C1=NOC2(C1)C(=O)Nc1ccccc12)N1CCCC1. The summed E-state index contributed by atoms with van der Waals surface area (Å²) in [6.45, 7) is 1.52. The minimum atomic E-state index is -1.17. The van der Waals surface area contributed by atoms with Crippen molar-refractivity contribution < 1.29 is 14.4 Å². The van der Waals surface area contributed by atoms with Crippen LogP contribution in [0.5, 0.6) is 0 Å². The standard InChI is InChI=1S/C15H15N3O3/c19-13(18-7-3-4-8-18)12-9-15(21-17-12)10-5-1-2-6-11(10)16-14(15)20/h1-2,5-6H,3-4,7-9H2,(H,16,20). The molecule has 6 nitrogen and oxygen atoms in total. The van der Waals surface area contributed by atoms with E-state index in [0.717, 1.165) is 37.2 Å². The van der Waals surface area contributed by atoms with Crippen LogP contribution in [0.3, 0.4) is 0 Å². The molecule has 108 valence electrons. The van der Waals surface area contributed by atoms with Crippen molar-refractivity contribution in [3.63, 3.8) is 0 Å². The average Bonchev–Trinajstić information content (AvgIpc) is 3.22. The number of likely N-dealkylation sites (tertiary alicyclic amines) is 1. The molecular formula is C15H15N3O3. The van der Waals surface area contributed by atoms with Gasteiger partial charge in [-0.25, -0.2) is 0 Å². The molecule has 1 spiro atoms. The molecule has 1 N–H and O–H groups in total. The van der Waals surface area contributed by atoms with E-state index in [9.17, 15) is 9.59 Å². The highest BCUT2D eigenvalue weighted by molar-refractivity contribution is 6.40. The Labute approximate surface area is 121 Å². The second kappa shape index (κ2) is 4.31.